The van der Waals surface area contributed by atoms with Crippen molar-refractivity contribution in [3.63, 3.8) is 0 Å². The summed E-state index contributed by atoms with van der Waals surface area (Å²) in [6.45, 7) is 6.49. The van der Waals surface area contributed by atoms with Gasteiger partial charge in [-0.25, -0.2) is 9.97 Å². The number of fused-ring (bicyclic) bond motifs is 1. The number of imidazole rings is 1. The number of morpholine rings is 1. The lowest BCUT2D eigenvalue weighted by atomic mass is 9.98. The van der Waals surface area contributed by atoms with E-state index in [1.807, 2.05) is 16.8 Å². The van der Waals surface area contributed by atoms with Gasteiger partial charge in [-0.2, -0.15) is 13.2 Å². The SMILES string of the molecule is Cc1c(Cc2c(CN3CCC4(CCC[S+]4[O-])C3)nc3ncc(N4CCOCC4)cn23)cccc1C(F)(F)F. The Labute approximate surface area is 223 Å². The number of anilines is 1. The van der Waals surface area contributed by atoms with Crippen molar-refractivity contribution in [1.82, 2.24) is 19.3 Å². The average Bonchev–Trinajstić information content (AvgIpc) is 3.58. The number of alkyl halides is 3. The van der Waals surface area contributed by atoms with E-state index >= 15 is 0 Å². The summed E-state index contributed by atoms with van der Waals surface area (Å²) in [7, 11) is 0. The van der Waals surface area contributed by atoms with Crippen molar-refractivity contribution in [3.05, 3.63) is 58.7 Å². The van der Waals surface area contributed by atoms with E-state index in [2.05, 4.69) is 14.8 Å². The van der Waals surface area contributed by atoms with Crippen LogP contribution in [0.1, 0.15) is 47.3 Å². The van der Waals surface area contributed by atoms with Gasteiger partial charge in [0.05, 0.1) is 42.0 Å². The molecule has 11 heteroatoms. The van der Waals surface area contributed by atoms with E-state index < -0.39 is 22.9 Å². The zero-order valence-electron chi connectivity index (χ0n) is 21.5. The van der Waals surface area contributed by atoms with Crippen molar-refractivity contribution in [2.75, 3.05) is 50.0 Å². The van der Waals surface area contributed by atoms with Crippen LogP contribution in [-0.2, 0) is 35.1 Å². The lowest BCUT2D eigenvalue weighted by Gasteiger charge is -2.28. The van der Waals surface area contributed by atoms with Crippen molar-refractivity contribution >= 4 is 22.6 Å². The molecule has 6 rings (SSSR count). The number of hydrogen-bond donors (Lipinski definition) is 0. The zero-order chi connectivity index (χ0) is 26.5. The number of likely N-dealkylation sites (tertiary alicyclic amines) is 1. The number of hydrogen-bond acceptors (Lipinski definition) is 6. The summed E-state index contributed by atoms with van der Waals surface area (Å²) in [6.07, 6.45) is 2.61. The average molecular weight is 548 g/mol. The molecule has 0 aliphatic carbocycles. The molecule has 0 N–H and O–H groups in total. The van der Waals surface area contributed by atoms with Gasteiger partial charge in [0, 0.05) is 58.2 Å². The third-order valence-corrected chi connectivity index (χ3v) is 10.5. The van der Waals surface area contributed by atoms with Gasteiger partial charge in [0.2, 0.25) is 5.78 Å². The first-order valence-corrected chi connectivity index (χ1v) is 14.5. The Morgan fingerprint density at radius 2 is 1.97 bits per heavy atom. The second kappa shape index (κ2) is 10.0. The second-order valence-corrected chi connectivity index (χ2v) is 12.6. The molecular formula is C27H32F3N5O2S. The summed E-state index contributed by atoms with van der Waals surface area (Å²) in [5.41, 5.74) is 2.85. The number of aromatic nitrogens is 3. The molecule has 2 aromatic heterocycles. The Balaban J connectivity index is 1.37. The third-order valence-electron chi connectivity index (χ3n) is 8.35. The molecule has 3 aromatic rings. The van der Waals surface area contributed by atoms with Gasteiger partial charge < -0.3 is 14.2 Å². The van der Waals surface area contributed by atoms with Crippen molar-refractivity contribution in [1.29, 1.82) is 0 Å². The Morgan fingerprint density at radius 3 is 2.71 bits per heavy atom. The summed E-state index contributed by atoms with van der Waals surface area (Å²) in [5, 5.41) is 0. The quantitative estimate of drug-likeness (QED) is 0.451. The Morgan fingerprint density at radius 1 is 1.16 bits per heavy atom. The molecular weight excluding hydrogens is 515 g/mol. The van der Waals surface area contributed by atoms with Crippen LogP contribution in [0.15, 0.2) is 30.6 Å². The van der Waals surface area contributed by atoms with Crippen molar-refractivity contribution < 1.29 is 22.5 Å². The molecule has 2 atom stereocenters. The lowest BCUT2D eigenvalue weighted by molar-refractivity contribution is -0.138. The topological polar surface area (TPSA) is 69.0 Å². The molecule has 2 unspecified atom stereocenters. The van der Waals surface area contributed by atoms with Crippen molar-refractivity contribution in [3.8, 4) is 0 Å². The molecule has 5 heterocycles. The number of halogens is 3. The van der Waals surface area contributed by atoms with Gasteiger partial charge in [0.1, 0.15) is 10.5 Å². The highest BCUT2D eigenvalue weighted by molar-refractivity contribution is 7.93. The first-order valence-electron chi connectivity index (χ1n) is 13.2. The molecule has 3 aliphatic rings. The van der Waals surface area contributed by atoms with Crippen LogP contribution < -0.4 is 4.90 Å². The molecule has 0 bridgehead atoms. The fraction of sp³-hybridized carbons (Fsp3) is 0.556. The van der Waals surface area contributed by atoms with Gasteiger partial charge in [-0.1, -0.05) is 12.1 Å². The molecule has 7 nitrogen and oxygen atoms in total. The first kappa shape index (κ1) is 25.9. The monoisotopic (exact) mass is 547 g/mol. The fourth-order valence-corrected chi connectivity index (χ4v) is 8.05. The smallest absolute Gasteiger partial charge is 0.416 e. The first-order chi connectivity index (χ1) is 18.2. The van der Waals surface area contributed by atoms with E-state index in [1.165, 1.54) is 13.0 Å². The zero-order valence-corrected chi connectivity index (χ0v) is 22.3. The molecule has 1 aromatic carbocycles. The minimum Gasteiger partial charge on any atom is -0.616 e. The van der Waals surface area contributed by atoms with Gasteiger partial charge in [0.15, 0.2) is 0 Å². The normalized spacial score (nSPS) is 24.8. The summed E-state index contributed by atoms with van der Waals surface area (Å²) in [6, 6.07) is 4.38. The molecule has 1 spiro atoms. The molecule has 0 radical (unpaired) electrons. The minimum absolute atomic E-state index is 0.126. The molecule has 0 saturated carbocycles. The van der Waals surface area contributed by atoms with E-state index in [0.29, 0.717) is 37.5 Å². The van der Waals surface area contributed by atoms with Crippen LogP contribution in [0.4, 0.5) is 18.9 Å². The summed E-state index contributed by atoms with van der Waals surface area (Å²) < 4.78 is 61.1. The fourth-order valence-electron chi connectivity index (χ4n) is 6.20. The van der Waals surface area contributed by atoms with E-state index in [9.17, 15) is 17.7 Å². The number of ether oxygens (including phenoxy) is 1. The van der Waals surface area contributed by atoms with Crippen LogP contribution in [0.25, 0.3) is 5.78 Å². The van der Waals surface area contributed by atoms with Gasteiger partial charge in [-0.3, -0.25) is 9.30 Å². The van der Waals surface area contributed by atoms with Gasteiger partial charge >= 0.3 is 6.18 Å². The maximum atomic E-state index is 13.7. The van der Waals surface area contributed by atoms with E-state index in [4.69, 9.17) is 9.72 Å². The molecule has 3 fully saturated rings. The molecule has 3 aliphatic heterocycles. The van der Waals surface area contributed by atoms with Gasteiger partial charge in [-0.15, -0.1) is 0 Å². The van der Waals surface area contributed by atoms with Crippen molar-refractivity contribution in [2.24, 2.45) is 0 Å². The third kappa shape index (κ3) is 4.78. The summed E-state index contributed by atoms with van der Waals surface area (Å²) in [4.78, 5) is 14.0. The molecule has 38 heavy (non-hydrogen) atoms. The van der Waals surface area contributed by atoms with Crippen LogP contribution >= 0.6 is 0 Å². The highest BCUT2D eigenvalue weighted by Gasteiger charge is 2.51. The van der Waals surface area contributed by atoms with Crippen LogP contribution in [-0.4, -0.2) is 73.7 Å². The predicted octanol–water partition coefficient (Wildman–Crippen LogP) is 3.97. The number of nitrogens with zero attached hydrogens (tertiary/aromatic N) is 5. The highest BCUT2D eigenvalue weighted by Crippen LogP contribution is 2.41. The summed E-state index contributed by atoms with van der Waals surface area (Å²) in [5.74, 6) is 1.31. The van der Waals surface area contributed by atoms with Crippen LogP contribution in [0.2, 0.25) is 0 Å². The lowest BCUT2D eigenvalue weighted by Crippen LogP contribution is -2.37. The standard InChI is InChI=1S/C27H32F3N5O2S/c1-19-20(4-2-5-22(19)27(28,29)30)14-24-23(17-33-8-7-26(18-33)6-3-13-38(26)36)32-25-31-15-21(16-35(24)25)34-9-11-37-12-10-34/h2,4-5,15-16H,3,6-14,17-18H2,1H3. The van der Waals surface area contributed by atoms with Crippen LogP contribution in [0.5, 0.6) is 0 Å². The van der Waals surface area contributed by atoms with E-state index in [-0.39, 0.29) is 10.3 Å². The predicted molar refractivity (Wildman–Crippen MR) is 140 cm³/mol. The molecule has 0 amide bonds. The van der Waals surface area contributed by atoms with Crippen LogP contribution in [0, 0.1) is 6.92 Å². The maximum Gasteiger partial charge on any atom is 0.416 e. The maximum absolute atomic E-state index is 13.7. The van der Waals surface area contributed by atoms with Crippen molar-refractivity contribution in [2.45, 2.75) is 50.1 Å². The summed E-state index contributed by atoms with van der Waals surface area (Å²) >= 11 is -0.809. The Kier molecular flexibility index (Phi) is 6.82. The van der Waals surface area contributed by atoms with Gasteiger partial charge in [0.25, 0.3) is 0 Å². The highest BCUT2D eigenvalue weighted by atomic mass is 32.2. The number of rotatable bonds is 5. The second-order valence-electron chi connectivity index (χ2n) is 10.6. The Hall–Kier alpha value is -2.34. The van der Waals surface area contributed by atoms with Crippen LogP contribution in [0.3, 0.4) is 0 Å². The van der Waals surface area contributed by atoms with E-state index in [0.717, 1.165) is 74.3 Å². The number of benzene rings is 1. The molecule has 204 valence electrons. The van der Waals surface area contributed by atoms with Gasteiger partial charge in [-0.05, 0) is 41.7 Å². The minimum atomic E-state index is -4.41. The largest absolute Gasteiger partial charge is 0.616 e. The van der Waals surface area contributed by atoms with E-state index in [1.54, 1.807) is 6.07 Å². The molecule has 3 saturated heterocycles. The Bertz CT molecular complexity index is 1330.